The summed E-state index contributed by atoms with van der Waals surface area (Å²) in [5, 5.41) is 11.5. The molecule has 1 aliphatic rings. The molecule has 5 nitrogen and oxygen atoms in total. The summed E-state index contributed by atoms with van der Waals surface area (Å²) in [6.07, 6.45) is 0.653. The Kier molecular flexibility index (Phi) is 8.12. The summed E-state index contributed by atoms with van der Waals surface area (Å²) in [7, 11) is 1.56. The van der Waals surface area contributed by atoms with Gasteiger partial charge in [-0.15, -0.1) is 0 Å². The molecule has 1 N–H and O–H groups in total. The fourth-order valence-corrected chi connectivity index (χ4v) is 3.65. The summed E-state index contributed by atoms with van der Waals surface area (Å²) in [5.74, 6) is 0.405. The molecule has 0 saturated heterocycles. The fourth-order valence-electron chi connectivity index (χ4n) is 3.65. The van der Waals surface area contributed by atoms with Crippen LogP contribution >= 0.6 is 0 Å². The quantitative estimate of drug-likeness (QED) is 0.700. The average Bonchev–Trinajstić information content (AvgIpc) is 2.67. The lowest BCUT2D eigenvalue weighted by molar-refractivity contribution is -0.137. The molecule has 28 heavy (non-hydrogen) atoms. The molecule has 0 bridgehead atoms. The molecule has 0 aliphatic heterocycles. The van der Waals surface area contributed by atoms with Crippen molar-refractivity contribution in [1.29, 1.82) is 5.26 Å². The van der Waals surface area contributed by atoms with Gasteiger partial charge in [-0.3, -0.25) is 0 Å². The lowest BCUT2D eigenvalue weighted by Gasteiger charge is -2.37. The summed E-state index contributed by atoms with van der Waals surface area (Å²) < 4.78 is 43.2. The van der Waals surface area contributed by atoms with Crippen LogP contribution in [0.2, 0.25) is 0 Å². The van der Waals surface area contributed by atoms with E-state index < -0.39 is 11.7 Å². The van der Waals surface area contributed by atoms with E-state index in [9.17, 15) is 18.0 Å². The summed E-state index contributed by atoms with van der Waals surface area (Å²) in [6.45, 7) is 0.776. The number of amides is 2. The molecule has 8 heteroatoms. The molecule has 0 radical (unpaired) electrons. The number of hydrogen-bond donors (Lipinski definition) is 1. The highest BCUT2D eigenvalue weighted by Gasteiger charge is 2.31. The van der Waals surface area contributed by atoms with Crippen molar-refractivity contribution in [2.24, 2.45) is 5.92 Å². The third-order valence-electron chi connectivity index (χ3n) is 5.12. The minimum Gasteiger partial charge on any atom is -0.383 e. The van der Waals surface area contributed by atoms with Crippen molar-refractivity contribution in [3.63, 3.8) is 0 Å². The van der Waals surface area contributed by atoms with E-state index in [1.165, 1.54) is 12.1 Å². The Balaban J connectivity index is 2.05. The second-order valence-corrected chi connectivity index (χ2v) is 7.07. The molecule has 1 aromatic rings. The molecular formula is C20H26F3N3O2. The molecule has 1 aliphatic carbocycles. The van der Waals surface area contributed by atoms with Crippen molar-refractivity contribution in [2.75, 3.05) is 25.6 Å². The number of carbonyl (C=O) groups excluding carboxylic acids is 1. The molecular weight excluding hydrogens is 371 g/mol. The lowest BCUT2D eigenvalue weighted by atomic mass is 9.82. The molecule has 2 unspecified atom stereocenters. The van der Waals surface area contributed by atoms with Crippen molar-refractivity contribution >= 4 is 11.7 Å². The molecule has 1 fully saturated rings. The standard InChI is InChI=1S/C20H26F3N3O2/c1-28-13-12-26(18-6-2-4-15(14-18)5-3-11-24)19(27)25-17-9-7-16(8-10-17)20(21,22)23/h7-10,15,18H,2-6,12-14H2,1H3,(H,25,27). The van der Waals surface area contributed by atoms with E-state index in [4.69, 9.17) is 10.00 Å². The van der Waals surface area contributed by atoms with Gasteiger partial charge < -0.3 is 15.0 Å². The zero-order valence-electron chi connectivity index (χ0n) is 16.0. The molecule has 0 heterocycles. The maximum Gasteiger partial charge on any atom is 0.416 e. The van der Waals surface area contributed by atoms with Crippen LogP contribution in [0.1, 0.15) is 44.1 Å². The van der Waals surface area contributed by atoms with Crippen molar-refractivity contribution in [2.45, 2.75) is 50.7 Å². The Hall–Kier alpha value is -2.27. The number of benzene rings is 1. The Morgan fingerprint density at radius 2 is 2.04 bits per heavy atom. The number of alkyl halides is 3. The third-order valence-corrected chi connectivity index (χ3v) is 5.12. The number of anilines is 1. The molecule has 154 valence electrons. The van der Waals surface area contributed by atoms with E-state index in [2.05, 4.69) is 11.4 Å². The number of rotatable bonds is 7. The Bertz CT molecular complexity index is 671. The van der Waals surface area contributed by atoms with E-state index in [1.54, 1.807) is 12.0 Å². The van der Waals surface area contributed by atoms with E-state index in [1.807, 2.05) is 0 Å². The van der Waals surface area contributed by atoms with Crippen molar-refractivity contribution in [3.8, 4) is 6.07 Å². The van der Waals surface area contributed by atoms with E-state index in [-0.39, 0.29) is 12.1 Å². The largest absolute Gasteiger partial charge is 0.416 e. The molecule has 2 amide bonds. The Morgan fingerprint density at radius 1 is 1.32 bits per heavy atom. The van der Waals surface area contributed by atoms with E-state index >= 15 is 0 Å². The summed E-state index contributed by atoms with van der Waals surface area (Å²) in [6, 6.07) is 6.27. The topological polar surface area (TPSA) is 65.4 Å². The number of hydrogen-bond acceptors (Lipinski definition) is 3. The van der Waals surface area contributed by atoms with Crippen molar-refractivity contribution in [1.82, 2.24) is 4.90 Å². The molecule has 0 aromatic heterocycles. The number of urea groups is 1. The highest BCUT2D eigenvalue weighted by Crippen LogP contribution is 2.32. The summed E-state index contributed by atoms with van der Waals surface area (Å²) >= 11 is 0. The Labute approximate surface area is 163 Å². The number of methoxy groups -OCH3 is 1. The molecule has 1 saturated carbocycles. The van der Waals surface area contributed by atoms with Gasteiger partial charge in [0.05, 0.1) is 18.2 Å². The van der Waals surface area contributed by atoms with Crippen LogP contribution in [0.4, 0.5) is 23.7 Å². The molecule has 2 rings (SSSR count). The first-order valence-electron chi connectivity index (χ1n) is 9.46. The number of nitrogens with zero attached hydrogens (tertiary/aromatic N) is 2. The summed E-state index contributed by atoms with van der Waals surface area (Å²) in [5.41, 5.74) is -0.438. The highest BCUT2D eigenvalue weighted by atomic mass is 19.4. The number of halogens is 3. The van der Waals surface area contributed by atoms with E-state index in [0.717, 1.165) is 44.2 Å². The average molecular weight is 397 g/mol. The highest BCUT2D eigenvalue weighted by molar-refractivity contribution is 5.89. The molecule has 2 atom stereocenters. The van der Waals surface area contributed by atoms with Gasteiger partial charge in [-0.05, 0) is 49.4 Å². The number of ether oxygens (including phenoxy) is 1. The second-order valence-electron chi connectivity index (χ2n) is 7.07. The monoisotopic (exact) mass is 397 g/mol. The minimum atomic E-state index is -4.41. The van der Waals surface area contributed by atoms with Crippen LogP contribution in [0.3, 0.4) is 0 Å². The van der Waals surface area contributed by atoms with Gasteiger partial charge in [-0.1, -0.05) is 12.8 Å². The van der Waals surface area contributed by atoms with Crippen LogP contribution in [-0.2, 0) is 10.9 Å². The van der Waals surface area contributed by atoms with Crippen molar-refractivity contribution in [3.05, 3.63) is 29.8 Å². The maximum atomic E-state index is 12.8. The molecule has 0 spiro atoms. The smallest absolute Gasteiger partial charge is 0.383 e. The normalized spacial score (nSPS) is 19.7. The first kappa shape index (κ1) is 22.0. The zero-order valence-corrected chi connectivity index (χ0v) is 16.0. The van der Waals surface area contributed by atoms with Gasteiger partial charge in [-0.25, -0.2) is 4.79 Å². The van der Waals surface area contributed by atoms with Crippen LogP contribution in [0, 0.1) is 17.2 Å². The number of nitriles is 1. The van der Waals surface area contributed by atoms with Crippen molar-refractivity contribution < 1.29 is 22.7 Å². The first-order valence-corrected chi connectivity index (χ1v) is 9.46. The van der Waals surface area contributed by atoms with Crippen LogP contribution in [-0.4, -0.2) is 37.2 Å². The Morgan fingerprint density at radius 3 is 2.64 bits per heavy atom. The van der Waals surface area contributed by atoms with Crippen LogP contribution in [0.5, 0.6) is 0 Å². The SMILES string of the molecule is COCCN(C(=O)Nc1ccc(C(F)(F)F)cc1)C1CCCC(CCC#N)C1. The van der Waals surface area contributed by atoms with E-state index in [0.29, 0.717) is 31.2 Å². The van der Waals surface area contributed by atoms with Crippen LogP contribution < -0.4 is 5.32 Å². The fraction of sp³-hybridized carbons (Fsp3) is 0.600. The van der Waals surface area contributed by atoms with Crippen LogP contribution in [0.25, 0.3) is 0 Å². The number of nitrogens with one attached hydrogen (secondary N) is 1. The lowest BCUT2D eigenvalue weighted by Crippen LogP contribution is -2.46. The van der Waals surface area contributed by atoms with Gasteiger partial charge in [0.15, 0.2) is 0 Å². The summed E-state index contributed by atoms with van der Waals surface area (Å²) in [4.78, 5) is 14.5. The maximum absolute atomic E-state index is 12.8. The predicted octanol–water partition coefficient (Wildman–Crippen LogP) is 5.05. The predicted molar refractivity (Wildman–Crippen MR) is 99.6 cm³/mol. The second kappa shape index (κ2) is 10.3. The van der Waals surface area contributed by atoms with Gasteiger partial charge >= 0.3 is 12.2 Å². The van der Waals surface area contributed by atoms with Gasteiger partial charge in [0.2, 0.25) is 0 Å². The van der Waals surface area contributed by atoms with Gasteiger partial charge in [-0.2, -0.15) is 18.4 Å². The zero-order chi connectivity index (χ0) is 20.6. The third kappa shape index (κ3) is 6.41. The number of carbonyl (C=O) groups is 1. The minimum absolute atomic E-state index is 0.0297. The van der Waals surface area contributed by atoms with Gasteiger partial charge in [0.25, 0.3) is 0 Å². The van der Waals surface area contributed by atoms with Gasteiger partial charge in [0, 0.05) is 31.8 Å². The molecule has 1 aromatic carbocycles. The first-order chi connectivity index (χ1) is 13.3. The van der Waals surface area contributed by atoms with Gasteiger partial charge in [0.1, 0.15) is 0 Å². The van der Waals surface area contributed by atoms with Crippen LogP contribution in [0.15, 0.2) is 24.3 Å².